The predicted octanol–water partition coefficient (Wildman–Crippen LogP) is 2.24. The van der Waals surface area contributed by atoms with Crippen molar-refractivity contribution in [3.05, 3.63) is 60.2 Å². The highest BCUT2D eigenvalue weighted by Gasteiger charge is 1.98. The van der Waals surface area contributed by atoms with Crippen molar-refractivity contribution in [3.8, 4) is 0 Å². The Bertz CT molecular complexity index is 468. The van der Waals surface area contributed by atoms with E-state index in [-0.39, 0.29) is 5.56 Å². The summed E-state index contributed by atoms with van der Waals surface area (Å²) in [6, 6.07) is 6.36. The summed E-state index contributed by atoms with van der Waals surface area (Å²) in [5, 5.41) is 7.88. The van der Waals surface area contributed by atoms with Crippen molar-refractivity contribution in [3.63, 3.8) is 0 Å². The SMILES string of the molecule is O=C(Cl)c1cccnc1.O=C(O)c1cccnc1. The van der Waals surface area contributed by atoms with Crippen LogP contribution in [0.25, 0.3) is 0 Å². The van der Waals surface area contributed by atoms with E-state index in [2.05, 4.69) is 9.97 Å². The van der Waals surface area contributed by atoms with Gasteiger partial charge >= 0.3 is 5.97 Å². The minimum Gasteiger partial charge on any atom is -0.478 e. The fraction of sp³-hybridized carbons (Fsp3) is 0. The van der Waals surface area contributed by atoms with E-state index in [1.54, 1.807) is 24.4 Å². The number of pyridine rings is 2. The lowest BCUT2D eigenvalue weighted by atomic mass is 10.3. The Morgan fingerprint density at radius 2 is 1.50 bits per heavy atom. The van der Waals surface area contributed by atoms with E-state index in [0.717, 1.165) is 0 Å². The molecule has 0 aliphatic heterocycles. The Labute approximate surface area is 108 Å². The zero-order valence-corrected chi connectivity index (χ0v) is 9.91. The summed E-state index contributed by atoms with van der Waals surface area (Å²) in [6.45, 7) is 0. The summed E-state index contributed by atoms with van der Waals surface area (Å²) in [6.07, 6.45) is 5.85. The third-order valence-electron chi connectivity index (χ3n) is 1.80. The van der Waals surface area contributed by atoms with E-state index in [1.807, 2.05) is 0 Å². The van der Waals surface area contributed by atoms with Crippen molar-refractivity contribution in [2.75, 3.05) is 0 Å². The van der Waals surface area contributed by atoms with Crippen molar-refractivity contribution in [2.24, 2.45) is 0 Å². The molecule has 0 atom stereocenters. The molecule has 92 valence electrons. The number of aromatic carboxylic acids is 1. The smallest absolute Gasteiger partial charge is 0.337 e. The van der Waals surface area contributed by atoms with Gasteiger partial charge in [0, 0.05) is 24.8 Å². The highest BCUT2D eigenvalue weighted by atomic mass is 35.5. The second-order valence-corrected chi connectivity index (χ2v) is 3.41. The van der Waals surface area contributed by atoms with Gasteiger partial charge in [0.15, 0.2) is 0 Å². The molecule has 0 spiro atoms. The molecule has 2 rings (SSSR count). The number of aromatic nitrogens is 2. The molecule has 5 nitrogen and oxygen atoms in total. The van der Waals surface area contributed by atoms with E-state index >= 15 is 0 Å². The van der Waals surface area contributed by atoms with E-state index in [4.69, 9.17) is 16.7 Å². The van der Waals surface area contributed by atoms with Gasteiger partial charge in [0.1, 0.15) is 0 Å². The Morgan fingerprint density at radius 3 is 1.72 bits per heavy atom. The highest BCUT2D eigenvalue weighted by Crippen LogP contribution is 1.99. The summed E-state index contributed by atoms with van der Waals surface area (Å²) in [4.78, 5) is 27.9. The molecular formula is C12H9ClN2O3. The molecule has 0 fully saturated rings. The topological polar surface area (TPSA) is 80.2 Å². The first-order valence-electron chi connectivity index (χ1n) is 4.84. The number of carboxylic acid groups (broad SMARTS) is 1. The standard InChI is InChI=1S/C6H4ClNO.C6H5NO2/c7-6(9)5-2-1-3-8-4-5;8-6(9)5-2-1-3-7-4-5/h1-4H;1-4H,(H,8,9). The summed E-state index contributed by atoms with van der Waals surface area (Å²) < 4.78 is 0. The van der Waals surface area contributed by atoms with Gasteiger partial charge in [0.25, 0.3) is 5.24 Å². The van der Waals surface area contributed by atoms with Crippen LogP contribution >= 0.6 is 11.6 Å². The van der Waals surface area contributed by atoms with Gasteiger partial charge in [-0.25, -0.2) is 4.79 Å². The molecule has 0 unspecified atom stereocenters. The van der Waals surface area contributed by atoms with Gasteiger partial charge in [-0.2, -0.15) is 0 Å². The fourth-order valence-electron chi connectivity index (χ4n) is 0.968. The normalized spacial score (nSPS) is 8.94. The van der Waals surface area contributed by atoms with Gasteiger partial charge in [0.05, 0.1) is 11.1 Å². The highest BCUT2D eigenvalue weighted by molar-refractivity contribution is 6.67. The van der Waals surface area contributed by atoms with E-state index in [9.17, 15) is 9.59 Å². The lowest BCUT2D eigenvalue weighted by Gasteiger charge is -1.87. The molecular weight excluding hydrogens is 256 g/mol. The predicted molar refractivity (Wildman–Crippen MR) is 65.6 cm³/mol. The number of hydrogen-bond donors (Lipinski definition) is 1. The Morgan fingerprint density at radius 1 is 1.00 bits per heavy atom. The molecule has 0 aliphatic rings. The van der Waals surface area contributed by atoms with Crippen LogP contribution < -0.4 is 0 Å². The first kappa shape index (κ1) is 13.8. The molecule has 0 aliphatic carbocycles. The van der Waals surface area contributed by atoms with E-state index < -0.39 is 11.2 Å². The van der Waals surface area contributed by atoms with Crippen molar-refractivity contribution in [1.29, 1.82) is 0 Å². The van der Waals surface area contributed by atoms with E-state index in [0.29, 0.717) is 5.56 Å². The molecule has 0 saturated heterocycles. The third-order valence-corrected chi connectivity index (χ3v) is 2.02. The number of carbonyl (C=O) groups is 2. The van der Waals surface area contributed by atoms with Crippen LogP contribution in [0.5, 0.6) is 0 Å². The Kier molecular flexibility index (Phi) is 5.47. The molecule has 2 aromatic heterocycles. The summed E-state index contributed by atoms with van der Waals surface area (Å²) >= 11 is 5.12. The monoisotopic (exact) mass is 264 g/mol. The van der Waals surface area contributed by atoms with Gasteiger partial charge in [-0.05, 0) is 35.9 Å². The summed E-state index contributed by atoms with van der Waals surface area (Å²) in [5.74, 6) is -0.942. The van der Waals surface area contributed by atoms with Gasteiger partial charge < -0.3 is 5.11 Å². The quantitative estimate of drug-likeness (QED) is 0.842. The van der Waals surface area contributed by atoms with Gasteiger partial charge in [-0.1, -0.05) is 0 Å². The molecule has 1 N–H and O–H groups in total. The minimum atomic E-state index is -0.942. The average Bonchev–Trinajstić information content (AvgIpc) is 2.41. The molecule has 18 heavy (non-hydrogen) atoms. The van der Waals surface area contributed by atoms with Gasteiger partial charge in [0.2, 0.25) is 0 Å². The number of rotatable bonds is 2. The molecule has 0 aromatic carbocycles. The van der Waals surface area contributed by atoms with Gasteiger partial charge in [-0.15, -0.1) is 0 Å². The molecule has 0 radical (unpaired) electrons. The van der Waals surface area contributed by atoms with Crippen LogP contribution in [-0.2, 0) is 0 Å². The maximum absolute atomic E-state index is 10.4. The zero-order valence-electron chi connectivity index (χ0n) is 9.15. The van der Waals surface area contributed by atoms with Crippen LogP contribution in [0.4, 0.5) is 0 Å². The minimum absolute atomic E-state index is 0.220. The maximum atomic E-state index is 10.4. The third kappa shape index (κ3) is 4.71. The maximum Gasteiger partial charge on any atom is 0.337 e. The second kappa shape index (κ2) is 7.13. The zero-order chi connectivity index (χ0) is 13.4. The molecule has 0 bridgehead atoms. The van der Waals surface area contributed by atoms with Crippen molar-refractivity contribution in [2.45, 2.75) is 0 Å². The molecule has 0 saturated carbocycles. The van der Waals surface area contributed by atoms with Crippen LogP contribution in [0.1, 0.15) is 20.7 Å². The number of carbonyl (C=O) groups excluding carboxylic acids is 1. The van der Waals surface area contributed by atoms with Crippen LogP contribution in [0.15, 0.2) is 49.1 Å². The van der Waals surface area contributed by atoms with Crippen molar-refractivity contribution < 1.29 is 14.7 Å². The molecule has 2 aromatic rings. The fourth-order valence-corrected chi connectivity index (χ4v) is 1.08. The Hall–Kier alpha value is -2.27. The number of hydrogen-bond acceptors (Lipinski definition) is 4. The summed E-state index contributed by atoms with van der Waals surface area (Å²) in [5.41, 5.74) is 0.650. The second-order valence-electron chi connectivity index (χ2n) is 3.06. The molecule has 0 amide bonds. The lowest BCUT2D eigenvalue weighted by Crippen LogP contribution is -1.94. The number of nitrogens with zero attached hydrogens (tertiary/aromatic N) is 2. The van der Waals surface area contributed by atoms with Crippen LogP contribution in [-0.4, -0.2) is 26.3 Å². The van der Waals surface area contributed by atoms with Crippen LogP contribution in [0, 0.1) is 0 Å². The van der Waals surface area contributed by atoms with Crippen LogP contribution in [0.2, 0.25) is 0 Å². The van der Waals surface area contributed by atoms with Crippen molar-refractivity contribution >= 4 is 22.8 Å². The Balaban J connectivity index is 0.000000180. The summed E-state index contributed by atoms with van der Waals surface area (Å²) in [7, 11) is 0. The first-order chi connectivity index (χ1) is 8.61. The number of halogens is 1. The lowest BCUT2D eigenvalue weighted by molar-refractivity contribution is 0.0696. The average molecular weight is 265 g/mol. The largest absolute Gasteiger partial charge is 0.478 e. The van der Waals surface area contributed by atoms with Gasteiger partial charge in [-0.3, -0.25) is 14.8 Å². The van der Waals surface area contributed by atoms with Crippen LogP contribution in [0.3, 0.4) is 0 Å². The first-order valence-corrected chi connectivity index (χ1v) is 5.22. The van der Waals surface area contributed by atoms with E-state index in [1.165, 1.54) is 24.7 Å². The molecule has 2 heterocycles. The van der Waals surface area contributed by atoms with Crippen molar-refractivity contribution in [1.82, 2.24) is 9.97 Å². The molecule has 6 heteroatoms. The number of carboxylic acids is 1.